The van der Waals surface area contributed by atoms with Crippen LogP contribution < -0.4 is 5.11 Å². The van der Waals surface area contributed by atoms with Gasteiger partial charge in [-0.15, -0.1) is 0 Å². The van der Waals surface area contributed by atoms with E-state index in [1.54, 1.807) is 11.8 Å². The molecule has 1 aromatic carbocycles. The van der Waals surface area contributed by atoms with Gasteiger partial charge >= 0.3 is 0 Å². The molecule has 0 amide bonds. The van der Waals surface area contributed by atoms with Gasteiger partial charge in [0, 0.05) is 0 Å². The van der Waals surface area contributed by atoms with E-state index in [2.05, 4.69) is 0 Å². The average molecular weight is 269 g/mol. The van der Waals surface area contributed by atoms with E-state index in [1.165, 1.54) is 0 Å². The Balaban J connectivity index is 2.58. The van der Waals surface area contributed by atoms with Gasteiger partial charge < -0.3 is 19.7 Å². The standard InChI is InChI=1S/C13H18O4S/c1-2-18-13(10-6-4-3-5-7-10)11(14)8-17-9-12(15)16/h3-7,11,13-14H,2,8-9H2,1H3,(H,15,16)/p-1. The second-order valence-corrected chi connectivity index (χ2v) is 5.16. The molecule has 2 unspecified atom stereocenters. The lowest BCUT2D eigenvalue weighted by Gasteiger charge is -2.22. The number of carboxylic acids is 1. The van der Waals surface area contributed by atoms with Crippen LogP contribution in [-0.4, -0.2) is 36.1 Å². The van der Waals surface area contributed by atoms with E-state index in [-0.39, 0.29) is 11.9 Å². The molecule has 0 radical (unpaired) electrons. The van der Waals surface area contributed by atoms with Gasteiger partial charge in [-0.2, -0.15) is 11.8 Å². The third-order valence-electron chi connectivity index (χ3n) is 2.33. The monoisotopic (exact) mass is 269 g/mol. The second-order valence-electron chi connectivity index (χ2n) is 3.74. The molecule has 0 saturated heterocycles. The molecular weight excluding hydrogens is 252 g/mol. The van der Waals surface area contributed by atoms with Gasteiger partial charge in [-0.05, 0) is 11.3 Å². The Morgan fingerprint density at radius 1 is 1.44 bits per heavy atom. The summed E-state index contributed by atoms with van der Waals surface area (Å²) < 4.78 is 4.88. The van der Waals surface area contributed by atoms with Gasteiger partial charge in [-0.3, -0.25) is 0 Å². The smallest absolute Gasteiger partial charge is 0.0932 e. The number of carboxylic acid groups (broad SMARTS) is 1. The quantitative estimate of drug-likeness (QED) is 0.748. The number of aliphatic hydroxyl groups excluding tert-OH is 1. The van der Waals surface area contributed by atoms with Crippen molar-refractivity contribution in [2.45, 2.75) is 18.3 Å². The first-order valence-corrected chi connectivity index (χ1v) is 6.82. The van der Waals surface area contributed by atoms with Crippen molar-refractivity contribution < 1.29 is 19.7 Å². The summed E-state index contributed by atoms with van der Waals surface area (Å²) >= 11 is 1.60. The van der Waals surface area contributed by atoms with Crippen molar-refractivity contribution in [1.82, 2.24) is 0 Å². The highest BCUT2D eigenvalue weighted by Crippen LogP contribution is 2.31. The Morgan fingerprint density at radius 2 is 2.11 bits per heavy atom. The first-order chi connectivity index (χ1) is 8.65. The Hall–Kier alpha value is -1.04. The van der Waals surface area contributed by atoms with E-state index in [1.807, 2.05) is 37.3 Å². The third kappa shape index (κ3) is 5.08. The van der Waals surface area contributed by atoms with Crippen molar-refractivity contribution in [1.29, 1.82) is 0 Å². The minimum Gasteiger partial charge on any atom is -0.548 e. The van der Waals surface area contributed by atoms with E-state index in [0.717, 1.165) is 11.3 Å². The van der Waals surface area contributed by atoms with Crippen molar-refractivity contribution in [3.05, 3.63) is 35.9 Å². The maximum absolute atomic E-state index is 10.2. The number of rotatable bonds is 8. The van der Waals surface area contributed by atoms with Crippen LogP contribution in [0, 0.1) is 0 Å². The van der Waals surface area contributed by atoms with Crippen molar-refractivity contribution in [3.8, 4) is 0 Å². The SMILES string of the molecule is CCSC(c1ccccc1)C(O)COCC(=O)[O-]. The molecule has 0 bridgehead atoms. The summed E-state index contributed by atoms with van der Waals surface area (Å²) in [5.74, 6) is -0.418. The summed E-state index contributed by atoms with van der Waals surface area (Å²) in [6.07, 6.45) is -0.739. The van der Waals surface area contributed by atoms with Crippen LogP contribution in [0.3, 0.4) is 0 Å². The zero-order valence-electron chi connectivity index (χ0n) is 10.2. The fourth-order valence-electron chi connectivity index (χ4n) is 1.60. The number of hydrogen-bond donors (Lipinski definition) is 1. The number of ether oxygens (including phenoxy) is 1. The molecule has 2 atom stereocenters. The zero-order valence-corrected chi connectivity index (χ0v) is 11.1. The van der Waals surface area contributed by atoms with E-state index in [4.69, 9.17) is 4.74 Å². The van der Waals surface area contributed by atoms with Crippen molar-refractivity contribution in [2.24, 2.45) is 0 Å². The van der Waals surface area contributed by atoms with Crippen LogP contribution in [0.2, 0.25) is 0 Å². The highest BCUT2D eigenvalue weighted by atomic mass is 32.2. The Kier molecular flexibility index (Phi) is 6.78. The number of carbonyl (C=O) groups excluding carboxylic acids is 1. The fourth-order valence-corrected chi connectivity index (χ4v) is 2.61. The molecule has 0 fully saturated rings. The summed E-state index contributed by atoms with van der Waals surface area (Å²) in [6.45, 7) is 1.51. The van der Waals surface area contributed by atoms with Crippen molar-refractivity contribution in [3.63, 3.8) is 0 Å². The van der Waals surface area contributed by atoms with Crippen LogP contribution in [0.25, 0.3) is 0 Å². The topological polar surface area (TPSA) is 69.6 Å². The zero-order chi connectivity index (χ0) is 13.4. The lowest BCUT2D eigenvalue weighted by molar-refractivity contribution is -0.309. The highest BCUT2D eigenvalue weighted by molar-refractivity contribution is 7.99. The van der Waals surface area contributed by atoms with E-state index < -0.39 is 18.7 Å². The number of aliphatic hydroxyl groups is 1. The molecule has 100 valence electrons. The summed E-state index contributed by atoms with van der Waals surface area (Å²) in [7, 11) is 0. The molecule has 1 rings (SSSR count). The van der Waals surface area contributed by atoms with Crippen LogP contribution in [0.4, 0.5) is 0 Å². The third-order valence-corrected chi connectivity index (χ3v) is 3.61. The molecule has 4 nitrogen and oxygen atoms in total. The summed E-state index contributed by atoms with van der Waals surface area (Å²) in [6, 6.07) is 9.61. The Bertz CT molecular complexity index is 355. The molecule has 0 aliphatic rings. The highest BCUT2D eigenvalue weighted by Gasteiger charge is 2.21. The molecule has 0 spiro atoms. The molecule has 18 heavy (non-hydrogen) atoms. The molecule has 0 aliphatic heterocycles. The van der Waals surface area contributed by atoms with Crippen LogP contribution >= 0.6 is 11.8 Å². The van der Waals surface area contributed by atoms with Crippen LogP contribution in [0.5, 0.6) is 0 Å². The van der Waals surface area contributed by atoms with E-state index in [0.29, 0.717) is 0 Å². The van der Waals surface area contributed by atoms with Gasteiger partial charge in [0.2, 0.25) is 0 Å². The minimum absolute atomic E-state index is 0.0134. The molecule has 5 heteroatoms. The van der Waals surface area contributed by atoms with Gasteiger partial charge in [0.25, 0.3) is 0 Å². The summed E-state index contributed by atoms with van der Waals surface area (Å²) in [5.41, 5.74) is 1.01. The van der Waals surface area contributed by atoms with E-state index >= 15 is 0 Å². The molecule has 0 saturated carbocycles. The molecule has 1 aromatic rings. The first-order valence-electron chi connectivity index (χ1n) is 5.77. The van der Waals surface area contributed by atoms with Crippen molar-refractivity contribution in [2.75, 3.05) is 19.0 Å². The molecule has 1 N–H and O–H groups in total. The van der Waals surface area contributed by atoms with Gasteiger partial charge in [0.15, 0.2) is 0 Å². The predicted molar refractivity (Wildman–Crippen MR) is 69.1 cm³/mol. The molecular formula is C13H17O4S-. The van der Waals surface area contributed by atoms with Crippen LogP contribution in [0.15, 0.2) is 30.3 Å². The largest absolute Gasteiger partial charge is 0.548 e. The number of carbonyl (C=O) groups is 1. The molecule has 0 aromatic heterocycles. The van der Waals surface area contributed by atoms with Crippen LogP contribution in [-0.2, 0) is 9.53 Å². The lowest BCUT2D eigenvalue weighted by Crippen LogP contribution is -2.30. The van der Waals surface area contributed by atoms with Gasteiger partial charge in [-0.1, -0.05) is 37.3 Å². The number of benzene rings is 1. The minimum atomic E-state index is -1.28. The second kappa shape index (κ2) is 8.13. The lowest BCUT2D eigenvalue weighted by atomic mass is 10.1. The molecule has 0 heterocycles. The van der Waals surface area contributed by atoms with Crippen molar-refractivity contribution >= 4 is 17.7 Å². The molecule has 0 aliphatic carbocycles. The number of thioether (sulfide) groups is 1. The Morgan fingerprint density at radius 3 is 2.67 bits per heavy atom. The summed E-state index contributed by atoms with van der Waals surface area (Å²) in [4.78, 5) is 10.2. The van der Waals surface area contributed by atoms with E-state index in [9.17, 15) is 15.0 Å². The number of aliphatic carboxylic acids is 1. The average Bonchev–Trinajstić information content (AvgIpc) is 2.36. The summed E-state index contributed by atoms with van der Waals surface area (Å²) in [5, 5.41) is 20.2. The van der Waals surface area contributed by atoms with Gasteiger partial charge in [-0.25, -0.2) is 0 Å². The Labute approximate surface area is 111 Å². The maximum atomic E-state index is 10.2. The number of hydrogen-bond acceptors (Lipinski definition) is 5. The first kappa shape index (κ1) is 15.0. The fraction of sp³-hybridized carbons (Fsp3) is 0.462. The van der Waals surface area contributed by atoms with Gasteiger partial charge in [0.1, 0.15) is 0 Å². The van der Waals surface area contributed by atoms with Gasteiger partial charge in [0.05, 0.1) is 30.5 Å². The van der Waals surface area contributed by atoms with Crippen LogP contribution in [0.1, 0.15) is 17.7 Å². The maximum Gasteiger partial charge on any atom is 0.0932 e. The predicted octanol–water partition coefficient (Wildman–Crippen LogP) is 0.608. The normalized spacial score (nSPS) is 14.1.